The highest BCUT2D eigenvalue weighted by molar-refractivity contribution is 6.31. The van der Waals surface area contributed by atoms with Gasteiger partial charge in [0.05, 0.1) is 0 Å². The van der Waals surface area contributed by atoms with Gasteiger partial charge in [-0.15, -0.1) is 0 Å². The lowest BCUT2D eigenvalue weighted by atomic mass is 10.2. The number of nitrogens with one attached hydrogen (secondary N) is 1. The molecule has 0 spiro atoms. The van der Waals surface area contributed by atoms with Crippen LogP contribution in [0.1, 0.15) is 12.5 Å². The Labute approximate surface area is 91.9 Å². The summed E-state index contributed by atoms with van der Waals surface area (Å²) in [5.74, 6) is -1.34. The van der Waals surface area contributed by atoms with Gasteiger partial charge >= 0.3 is 5.97 Å². The Morgan fingerprint density at radius 1 is 1.67 bits per heavy atom. The van der Waals surface area contributed by atoms with E-state index in [1.165, 1.54) is 25.1 Å². The number of hydrogen-bond acceptors (Lipinski definition) is 2. The van der Waals surface area contributed by atoms with Crippen LogP contribution in [0.4, 0.5) is 4.39 Å². The molecule has 5 heteroatoms. The van der Waals surface area contributed by atoms with Crippen molar-refractivity contribution in [1.82, 2.24) is 5.32 Å². The number of rotatable bonds is 4. The summed E-state index contributed by atoms with van der Waals surface area (Å²) in [5, 5.41) is 11.7. The molecular weight excluding hydrogens is 221 g/mol. The number of aliphatic carboxylic acids is 1. The number of hydrogen-bond donors (Lipinski definition) is 2. The second kappa shape index (κ2) is 5.09. The summed E-state index contributed by atoms with van der Waals surface area (Å²) in [6, 6.07) is 3.35. The molecule has 0 aliphatic rings. The Morgan fingerprint density at radius 3 is 2.87 bits per heavy atom. The second-order valence-corrected chi connectivity index (χ2v) is 3.58. The largest absolute Gasteiger partial charge is 0.480 e. The monoisotopic (exact) mass is 231 g/mol. The molecular formula is C10H11ClFNO2. The van der Waals surface area contributed by atoms with E-state index in [2.05, 4.69) is 5.32 Å². The van der Waals surface area contributed by atoms with E-state index in [1.807, 2.05) is 0 Å². The maximum absolute atomic E-state index is 12.7. The van der Waals surface area contributed by atoms with E-state index < -0.39 is 17.8 Å². The summed E-state index contributed by atoms with van der Waals surface area (Å²) in [7, 11) is 0. The molecule has 1 rings (SSSR count). The SMILES string of the molecule is C[C@H](NCc1ccc(F)cc1Cl)C(=O)O. The van der Waals surface area contributed by atoms with Gasteiger partial charge in [0.2, 0.25) is 0 Å². The molecule has 82 valence electrons. The highest BCUT2D eigenvalue weighted by atomic mass is 35.5. The predicted octanol–water partition coefficient (Wildman–Crippen LogP) is 2.04. The van der Waals surface area contributed by atoms with E-state index in [0.717, 1.165) is 0 Å². The summed E-state index contributed by atoms with van der Waals surface area (Å²) < 4.78 is 12.7. The van der Waals surface area contributed by atoms with Crippen LogP contribution in [0.2, 0.25) is 5.02 Å². The zero-order valence-corrected chi connectivity index (χ0v) is 8.88. The van der Waals surface area contributed by atoms with Crippen molar-refractivity contribution in [2.24, 2.45) is 0 Å². The normalized spacial score (nSPS) is 12.5. The molecule has 2 N–H and O–H groups in total. The van der Waals surface area contributed by atoms with Crippen molar-refractivity contribution in [2.75, 3.05) is 0 Å². The smallest absolute Gasteiger partial charge is 0.320 e. The molecule has 0 fully saturated rings. The van der Waals surface area contributed by atoms with Crippen LogP contribution < -0.4 is 5.32 Å². The van der Waals surface area contributed by atoms with Gasteiger partial charge in [-0.25, -0.2) is 4.39 Å². The molecule has 0 aliphatic carbocycles. The zero-order valence-electron chi connectivity index (χ0n) is 8.13. The summed E-state index contributed by atoms with van der Waals surface area (Å²) in [6.07, 6.45) is 0. The number of carboxylic acids is 1. The summed E-state index contributed by atoms with van der Waals surface area (Å²) >= 11 is 5.77. The molecule has 0 aromatic heterocycles. The molecule has 1 atom stereocenters. The average molecular weight is 232 g/mol. The number of benzene rings is 1. The summed E-state index contributed by atoms with van der Waals surface area (Å²) in [4.78, 5) is 10.5. The minimum Gasteiger partial charge on any atom is -0.480 e. The minimum atomic E-state index is -0.937. The number of carboxylic acid groups (broad SMARTS) is 1. The lowest BCUT2D eigenvalue weighted by Crippen LogP contribution is -2.33. The third kappa shape index (κ3) is 3.49. The first-order chi connectivity index (χ1) is 7.00. The molecule has 1 aromatic rings. The van der Waals surface area contributed by atoms with Gasteiger partial charge in [0.25, 0.3) is 0 Å². The van der Waals surface area contributed by atoms with Crippen molar-refractivity contribution < 1.29 is 14.3 Å². The maximum atomic E-state index is 12.7. The quantitative estimate of drug-likeness (QED) is 0.834. The Morgan fingerprint density at radius 2 is 2.33 bits per heavy atom. The Balaban J connectivity index is 2.62. The second-order valence-electron chi connectivity index (χ2n) is 3.18. The molecule has 3 nitrogen and oxygen atoms in total. The van der Waals surface area contributed by atoms with Crippen molar-refractivity contribution in [3.63, 3.8) is 0 Å². The van der Waals surface area contributed by atoms with E-state index in [9.17, 15) is 9.18 Å². The third-order valence-electron chi connectivity index (χ3n) is 1.98. The van der Waals surface area contributed by atoms with E-state index in [4.69, 9.17) is 16.7 Å². The van der Waals surface area contributed by atoms with Gasteiger partial charge in [-0.1, -0.05) is 17.7 Å². The van der Waals surface area contributed by atoms with Crippen LogP contribution in [0.25, 0.3) is 0 Å². The fraction of sp³-hybridized carbons (Fsp3) is 0.300. The Hall–Kier alpha value is -1.13. The molecule has 15 heavy (non-hydrogen) atoms. The van der Waals surface area contributed by atoms with Crippen molar-refractivity contribution >= 4 is 17.6 Å². The van der Waals surface area contributed by atoms with Crippen molar-refractivity contribution in [3.8, 4) is 0 Å². The van der Waals surface area contributed by atoms with Crippen molar-refractivity contribution in [1.29, 1.82) is 0 Å². The van der Waals surface area contributed by atoms with Crippen molar-refractivity contribution in [3.05, 3.63) is 34.6 Å². The van der Waals surface area contributed by atoms with Crippen LogP contribution in [-0.2, 0) is 11.3 Å². The van der Waals surface area contributed by atoms with Crippen LogP contribution in [0, 0.1) is 5.82 Å². The van der Waals surface area contributed by atoms with Crippen LogP contribution >= 0.6 is 11.6 Å². The Bertz CT molecular complexity index is 370. The molecule has 1 aromatic carbocycles. The van der Waals surface area contributed by atoms with E-state index in [0.29, 0.717) is 17.1 Å². The predicted molar refractivity (Wildman–Crippen MR) is 55.3 cm³/mol. The molecule has 0 radical (unpaired) electrons. The fourth-order valence-corrected chi connectivity index (χ4v) is 1.25. The van der Waals surface area contributed by atoms with Crippen LogP contribution in [0.15, 0.2) is 18.2 Å². The van der Waals surface area contributed by atoms with Gasteiger partial charge in [-0.3, -0.25) is 4.79 Å². The molecule has 0 bridgehead atoms. The van der Waals surface area contributed by atoms with Gasteiger partial charge < -0.3 is 10.4 Å². The van der Waals surface area contributed by atoms with Gasteiger partial charge in [0, 0.05) is 11.6 Å². The zero-order chi connectivity index (χ0) is 11.4. The van der Waals surface area contributed by atoms with Crippen molar-refractivity contribution in [2.45, 2.75) is 19.5 Å². The van der Waals surface area contributed by atoms with Crippen LogP contribution in [-0.4, -0.2) is 17.1 Å². The first-order valence-corrected chi connectivity index (χ1v) is 4.78. The van der Waals surface area contributed by atoms with E-state index in [1.54, 1.807) is 0 Å². The van der Waals surface area contributed by atoms with Crippen LogP contribution in [0.5, 0.6) is 0 Å². The first kappa shape index (κ1) is 11.9. The molecule has 0 heterocycles. The Kier molecular flexibility index (Phi) is 4.05. The lowest BCUT2D eigenvalue weighted by Gasteiger charge is -2.10. The minimum absolute atomic E-state index is 0.292. The van der Waals surface area contributed by atoms with Crippen LogP contribution in [0.3, 0.4) is 0 Å². The molecule has 0 saturated carbocycles. The summed E-state index contributed by atoms with van der Waals surface area (Å²) in [6.45, 7) is 1.83. The van der Waals surface area contributed by atoms with E-state index in [-0.39, 0.29) is 0 Å². The third-order valence-corrected chi connectivity index (χ3v) is 2.34. The maximum Gasteiger partial charge on any atom is 0.320 e. The van der Waals surface area contributed by atoms with Gasteiger partial charge in [-0.05, 0) is 24.6 Å². The fourth-order valence-electron chi connectivity index (χ4n) is 1.02. The standard InChI is InChI=1S/C10H11ClFNO2/c1-6(10(14)15)13-5-7-2-3-8(12)4-9(7)11/h2-4,6,13H,5H2,1H3,(H,14,15)/t6-/m0/s1. The first-order valence-electron chi connectivity index (χ1n) is 4.41. The molecule has 0 amide bonds. The van der Waals surface area contributed by atoms with Gasteiger partial charge in [0.15, 0.2) is 0 Å². The topological polar surface area (TPSA) is 49.3 Å². The summed E-state index contributed by atoms with van der Waals surface area (Å²) in [5.41, 5.74) is 0.672. The molecule has 0 saturated heterocycles. The number of halogens is 2. The van der Waals surface area contributed by atoms with Gasteiger partial charge in [-0.2, -0.15) is 0 Å². The van der Waals surface area contributed by atoms with Gasteiger partial charge in [0.1, 0.15) is 11.9 Å². The molecule has 0 aliphatic heterocycles. The van der Waals surface area contributed by atoms with E-state index >= 15 is 0 Å². The highest BCUT2D eigenvalue weighted by Gasteiger charge is 2.10. The highest BCUT2D eigenvalue weighted by Crippen LogP contribution is 2.16. The lowest BCUT2D eigenvalue weighted by molar-refractivity contribution is -0.139. The number of carbonyl (C=O) groups is 1. The molecule has 0 unspecified atom stereocenters. The average Bonchev–Trinajstić information content (AvgIpc) is 2.15.